The van der Waals surface area contributed by atoms with E-state index in [4.69, 9.17) is 9.47 Å². The summed E-state index contributed by atoms with van der Waals surface area (Å²) in [5, 5.41) is 0. The zero-order valence-corrected chi connectivity index (χ0v) is 21.2. The number of nitrogens with zero attached hydrogens (tertiary/aromatic N) is 1. The molecule has 1 saturated heterocycles. The number of ketones is 1. The average Bonchev–Trinajstić information content (AvgIpc) is 2.92. The summed E-state index contributed by atoms with van der Waals surface area (Å²) in [6, 6.07) is 0.0648. The van der Waals surface area contributed by atoms with Crippen molar-refractivity contribution in [1.82, 2.24) is 4.90 Å². The van der Waals surface area contributed by atoms with Crippen LogP contribution >= 0.6 is 0 Å². The lowest BCUT2D eigenvalue weighted by Gasteiger charge is -2.36. The molecule has 1 amide bonds. The summed E-state index contributed by atoms with van der Waals surface area (Å²) in [5.41, 5.74) is -0.308. The lowest BCUT2D eigenvalue weighted by molar-refractivity contribution is -0.136. The van der Waals surface area contributed by atoms with Gasteiger partial charge in [-0.05, 0) is 51.4 Å². The van der Waals surface area contributed by atoms with Crippen molar-refractivity contribution in [2.24, 2.45) is 16.7 Å². The summed E-state index contributed by atoms with van der Waals surface area (Å²) in [7, 11) is 0. The van der Waals surface area contributed by atoms with Gasteiger partial charge in [-0.15, -0.1) is 0 Å². The van der Waals surface area contributed by atoms with Crippen LogP contribution in [-0.4, -0.2) is 54.1 Å². The van der Waals surface area contributed by atoms with E-state index in [0.29, 0.717) is 31.8 Å². The molecule has 0 aliphatic carbocycles. The highest BCUT2D eigenvalue weighted by Crippen LogP contribution is 2.40. The van der Waals surface area contributed by atoms with Gasteiger partial charge in [-0.3, -0.25) is 9.59 Å². The summed E-state index contributed by atoms with van der Waals surface area (Å²) in [6.45, 7) is 21.8. The fourth-order valence-corrected chi connectivity index (χ4v) is 4.73. The molecule has 0 radical (unpaired) electrons. The molecule has 0 spiro atoms. The minimum Gasteiger partial charge on any atom is -0.377 e. The van der Waals surface area contributed by atoms with Gasteiger partial charge in [-0.1, -0.05) is 41.5 Å². The van der Waals surface area contributed by atoms with Gasteiger partial charge in [-0.25, -0.2) is 0 Å². The molecular weight excluding hydrogens is 378 g/mol. The Morgan fingerprint density at radius 1 is 0.933 bits per heavy atom. The standard InChI is InChI=1S/C25H47NO4/c1-17(2)22(27)12-24(7,8)16-25(9,10)13-23(28)26-14-21(30-19(5)6)11-20(26)15-29-18(3)4/h17-21H,11-16H2,1-10H3. The summed E-state index contributed by atoms with van der Waals surface area (Å²) in [5.74, 6) is 0.512. The van der Waals surface area contributed by atoms with Crippen LogP contribution < -0.4 is 0 Å². The SMILES string of the molecule is CC(C)OCC1CC(OC(C)C)CN1C(=O)CC(C)(C)CC(C)(C)CC(=O)C(C)C. The quantitative estimate of drug-likeness (QED) is 0.428. The van der Waals surface area contributed by atoms with Crippen molar-refractivity contribution >= 4 is 11.7 Å². The summed E-state index contributed by atoms with van der Waals surface area (Å²) in [4.78, 5) is 27.6. The molecule has 2 unspecified atom stereocenters. The summed E-state index contributed by atoms with van der Waals surface area (Å²) < 4.78 is 11.9. The van der Waals surface area contributed by atoms with Crippen LogP contribution in [0.1, 0.15) is 94.9 Å². The van der Waals surface area contributed by atoms with E-state index in [1.807, 2.05) is 46.4 Å². The molecule has 1 aliphatic heterocycles. The Balaban J connectivity index is 2.80. The molecule has 1 heterocycles. The topological polar surface area (TPSA) is 55.8 Å². The minimum absolute atomic E-state index is 0.0539. The number of hydrogen-bond acceptors (Lipinski definition) is 4. The molecule has 30 heavy (non-hydrogen) atoms. The van der Waals surface area contributed by atoms with Crippen LogP contribution in [0.2, 0.25) is 0 Å². The van der Waals surface area contributed by atoms with E-state index in [-0.39, 0.29) is 47.0 Å². The second-order valence-electron chi connectivity index (χ2n) is 11.6. The molecule has 0 aromatic carbocycles. The first-order valence-corrected chi connectivity index (χ1v) is 11.7. The molecule has 2 atom stereocenters. The van der Waals surface area contributed by atoms with Crippen molar-refractivity contribution in [2.75, 3.05) is 13.2 Å². The normalized spacial score (nSPS) is 20.6. The van der Waals surface area contributed by atoms with Crippen molar-refractivity contribution < 1.29 is 19.1 Å². The maximum Gasteiger partial charge on any atom is 0.223 e. The summed E-state index contributed by atoms with van der Waals surface area (Å²) in [6.07, 6.45) is 3.04. The smallest absolute Gasteiger partial charge is 0.223 e. The van der Waals surface area contributed by atoms with E-state index in [2.05, 4.69) is 27.7 Å². The number of ether oxygens (including phenoxy) is 2. The molecule has 1 rings (SSSR count). The van der Waals surface area contributed by atoms with E-state index in [1.165, 1.54) is 0 Å². The van der Waals surface area contributed by atoms with Crippen LogP contribution in [0, 0.1) is 16.7 Å². The van der Waals surface area contributed by atoms with Gasteiger partial charge in [0.2, 0.25) is 5.91 Å². The van der Waals surface area contributed by atoms with Crippen LogP contribution in [0.5, 0.6) is 0 Å². The van der Waals surface area contributed by atoms with Gasteiger partial charge in [0.25, 0.3) is 0 Å². The maximum absolute atomic E-state index is 13.3. The van der Waals surface area contributed by atoms with Crippen molar-refractivity contribution in [3.8, 4) is 0 Å². The fourth-order valence-electron chi connectivity index (χ4n) is 4.73. The highest BCUT2D eigenvalue weighted by atomic mass is 16.5. The molecule has 0 saturated carbocycles. The monoisotopic (exact) mass is 425 g/mol. The third kappa shape index (κ3) is 9.47. The predicted octanol–water partition coefficient (Wildman–Crippen LogP) is 5.25. The predicted molar refractivity (Wildman–Crippen MR) is 122 cm³/mol. The highest BCUT2D eigenvalue weighted by molar-refractivity contribution is 5.81. The number of amides is 1. The third-order valence-corrected chi connectivity index (χ3v) is 5.67. The van der Waals surface area contributed by atoms with Gasteiger partial charge in [0.05, 0.1) is 31.0 Å². The molecule has 0 bridgehead atoms. The first-order valence-electron chi connectivity index (χ1n) is 11.7. The lowest BCUT2D eigenvalue weighted by atomic mass is 9.70. The molecule has 176 valence electrons. The Labute approximate surface area is 185 Å². The second kappa shape index (κ2) is 11.1. The summed E-state index contributed by atoms with van der Waals surface area (Å²) >= 11 is 0. The largest absolute Gasteiger partial charge is 0.377 e. The van der Waals surface area contributed by atoms with Gasteiger partial charge < -0.3 is 14.4 Å². The molecule has 1 aliphatic rings. The van der Waals surface area contributed by atoms with Gasteiger partial charge in [0.15, 0.2) is 0 Å². The Kier molecular flexibility index (Phi) is 10.0. The van der Waals surface area contributed by atoms with Crippen LogP contribution in [0.4, 0.5) is 0 Å². The van der Waals surface area contributed by atoms with Gasteiger partial charge in [0.1, 0.15) is 5.78 Å². The highest BCUT2D eigenvalue weighted by Gasteiger charge is 2.39. The van der Waals surface area contributed by atoms with Crippen molar-refractivity contribution in [3.63, 3.8) is 0 Å². The molecule has 5 nitrogen and oxygen atoms in total. The third-order valence-electron chi connectivity index (χ3n) is 5.67. The second-order valence-corrected chi connectivity index (χ2v) is 11.6. The minimum atomic E-state index is -0.182. The molecule has 1 fully saturated rings. The molecule has 0 N–H and O–H groups in total. The number of carbonyl (C=O) groups is 2. The molecule has 0 aromatic rings. The van der Waals surface area contributed by atoms with Gasteiger partial charge in [-0.2, -0.15) is 0 Å². The molecule has 0 aromatic heterocycles. The van der Waals surface area contributed by atoms with Crippen molar-refractivity contribution in [3.05, 3.63) is 0 Å². The van der Waals surface area contributed by atoms with Crippen molar-refractivity contribution in [1.29, 1.82) is 0 Å². The number of hydrogen-bond donors (Lipinski definition) is 0. The number of rotatable bonds is 12. The van der Waals surface area contributed by atoms with E-state index >= 15 is 0 Å². The lowest BCUT2D eigenvalue weighted by Crippen LogP contribution is -2.41. The zero-order valence-electron chi connectivity index (χ0n) is 21.2. The maximum atomic E-state index is 13.3. The molecule has 5 heteroatoms. The first kappa shape index (κ1) is 27.1. The first-order chi connectivity index (χ1) is 13.6. The van der Waals surface area contributed by atoms with Crippen LogP contribution in [-0.2, 0) is 19.1 Å². The number of carbonyl (C=O) groups excluding carboxylic acids is 2. The van der Waals surface area contributed by atoms with E-state index in [9.17, 15) is 9.59 Å². The van der Waals surface area contributed by atoms with Crippen LogP contribution in [0.25, 0.3) is 0 Å². The van der Waals surface area contributed by atoms with E-state index in [1.54, 1.807) is 0 Å². The Hall–Kier alpha value is -0.940. The molecular formula is C25H47NO4. The average molecular weight is 426 g/mol. The van der Waals surface area contributed by atoms with Gasteiger partial charge in [0, 0.05) is 25.3 Å². The van der Waals surface area contributed by atoms with Crippen molar-refractivity contribution in [2.45, 2.75) is 119 Å². The fraction of sp³-hybridized carbons (Fsp3) is 0.920. The van der Waals surface area contributed by atoms with Crippen LogP contribution in [0.15, 0.2) is 0 Å². The zero-order chi connectivity index (χ0) is 23.3. The van der Waals surface area contributed by atoms with Crippen LogP contribution in [0.3, 0.4) is 0 Å². The Morgan fingerprint density at radius 2 is 1.50 bits per heavy atom. The number of likely N-dealkylation sites (tertiary alicyclic amines) is 1. The Bertz CT molecular complexity index is 565. The van der Waals surface area contributed by atoms with E-state index < -0.39 is 0 Å². The van der Waals surface area contributed by atoms with Gasteiger partial charge >= 0.3 is 0 Å². The number of Topliss-reactive ketones (excluding diaryl/α,β-unsaturated/α-hetero) is 1. The van der Waals surface area contributed by atoms with E-state index in [0.717, 1.165) is 12.8 Å². The Morgan fingerprint density at radius 3 is 2.00 bits per heavy atom.